The number of nitrogens with zero attached hydrogens (tertiary/aromatic N) is 1. The maximum absolute atomic E-state index is 10.6. The lowest BCUT2D eigenvalue weighted by atomic mass is 9.95. The Balaban J connectivity index is 1.62. The maximum atomic E-state index is 10.6. The van der Waals surface area contributed by atoms with Crippen LogP contribution >= 0.6 is 0 Å². The summed E-state index contributed by atoms with van der Waals surface area (Å²) in [5.41, 5.74) is 1.31. The summed E-state index contributed by atoms with van der Waals surface area (Å²) < 4.78 is 21.9. The van der Waals surface area contributed by atoms with Crippen molar-refractivity contribution >= 4 is 0 Å². The number of aliphatic hydroxyl groups is 1. The van der Waals surface area contributed by atoms with Crippen LogP contribution in [0, 0.1) is 0 Å². The standard InChI is InChI=1S/C23H31NO5/c1-26-21-13-19(14-22(27-2)23(21)28-3)29-16-18(25)15-24-12-8-7-11-20(24)17-9-5-4-6-10-17/h4-6,9-10,13-14,18,20,25H,7-8,11-12,15-16H2,1-3H3. The summed E-state index contributed by atoms with van der Waals surface area (Å²) in [4.78, 5) is 2.36. The number of hydrogen-bond acceptors (Lipinski definition) is 6. The first-order valence-corrected chi connectivity index (χ1v) is 10.1. The van der Waals surface area contributed by atoms with Crippen molar-refractivity contribution < 1.29 is 24.1 Å². The zero-order chi connectivity index (χ0) is 20.6. The van der Waals surface area contributed by atoms with Gasteiger partial charge in [-0.15, -0.1) is 0 Å². The zero-order valence-electron chi connectivity index (χ0n) is 17.5. The Morgan fingerprint density at radius 3 is 2.31 bits per heavy atom. The van der Waals surface area contributed by atoms with E-state index in [2.05, 4.69) is 29.2 Å². The smallest absolute Gasteiger partial charge is 0.203 e. The molecule has 1 fully saturated rings. The van der Waals surface area contributed by atoms with Gasteiger partial charge in [-0.05, 0) is 24.9 Å². The van der Waals surface area contributed by atoms with Crippen LogP contribution < -0.4 is 18.9 Å². The fourth-order valence-electron chi connectivity index (χ4n) is 3.92. The first-order valence-electron chi connectivity index (χ1n) is 10.1. The quantitative estimate of drug-likeness (QED) is 0.692. The highest BCUT2D eigenvalue weighted by molar-refractivity contribution is 5.55. The van der Waals surface area contributed by atoms with Crippen molar-refractivity contribution in [1.29, 1.82) is 0 Å². The molecule has 6 nitrogen and oxygen atoms in total. The minimum Gasteiger partial charge on any atom is -0.493 e. The van der Waals surface area contributed by atoms with Gasteiger partial charge in [-0.1, -0.05) is 36.8 Å². The van der Waals surface area contributed by atoms with E-state index in [4.69, 9.17) is 18.9 Å². The summed E-state index contributed by atoms with van der Waals surface area (Å²) in [5, 5.41) is 10.6. The largest absolute Gasteiger partial charge is 0.493 e. The van der Waals surface area contributed by atoms with Gasteiger partial charge in [0.15, 0.2) is 11.5 Å². The van der Waals surface area contributed by atoms with Gasteiger partial charge in [-0.25, -0.2) is 0 Å². The molecule has 2 aromatic carbocycles. The molecule has 2 unspecified atom stereocenters. The Morgan fingerprint density at radius 2 is 1.69 bits per heavy atom. The van der Waals surface area contributed by atoms with Crippen LogP contribution in [0.25, 0.3) is 0 Å². The fraction of sp³-hybridized carbons (Fsp3) is 0.478. The number of hydrogen-bond donors (Lipinski definition) is 1. The monoisotopic (exact) mass is 401 g/mol. The summed E-state index contributed by atoms with van der Waals surface area (Å²) in [6.07, 6.45) is 2.89. The molecule has 0 radical (unpaired) electrons. The fourth-order valence-corrected chi connectivity index (χ4v) is 3.92. The van der Waals surface area contributed by atoms with Crippen molar-refractivity contribution in [3.63, 3.8) is 0 Å². The van der Waals surface area contributed by atoms with Crippen LogP contribution in [0.4, 0.5) is 0 Å². The molecule has 1 heterocycles. The van der Waals surface area contributed by atoms with Crippen LogP contribution in [-0.4, -0.2) is 57.1 Å². The molecule has 1 aliphatic rings. The van der Waals surface area contributed by atoms with Gasteiger partial charge in [0.2, 0.25) is 5.75 Å². The number of ether oxygens (including phenoxy) is 4. The number of methoxy groups -OCH3 is 3. The van der Waals surface area contributed by atoms with Crippen LogP contribution in [0.3, 0.4) is 0 Å². The van der Waals surface area contributed by atoms with Gasteiger partial charge in [0.05, 0.1) is 21.3 Å². The third-order valence-electron chi connectivity index (χ3n) is 5.32. The van der Waals surface area contributed by atoms with E-state index in [0.29, 0.717) is 35.6 Å². The number of β-amino-alcohol motifs (C(OH)–C–C–N with tert-alkyl or cyclic N) is 1. The molecule has 158 valence electrons. The number of piperidine rings is 1. The zero-order valence-corrected chi connectivity index (χ0v) is 17.5. The van der Waals surface area contributed by atoms with Crippen LogP contribution in [0.15, 0.2) is 42.5 Å². The van der Waals surface area contributed by atoms with Gasteiger partial charge in [0, 0.05) is 24.7 Å². The summed E-state index contributed by atoms with van der Waals surface area (Å²) >= 11 is 0. The summed E-state index contributed by atoms with van der Waals surface area (Å²) in [7, 11) is 4.69. The lowest BCUT2D eigenvalue weighted by Gasteiger charge is -2.37. The lowest BCUT2D eigenvalue weighted by molar-refractivity contribution is 0.0391. The maximum Gasteiger partial charge on any atom is 0.203 e. The van der Waals surface area contributed by atoms with Gasteiger partial charge in [-0.3, -0.25) is 4.90 Å². The van der Waals surface area contributed by atoms with E-state index in [1.165, 1.54) is 12.0 Å². The number of aliphatic hydroxyl groups excluding tert-OH is 1. The molecule has 0 saturated carbocycles. The molecule has 1 N–H and O–H groups in total. The molecular formula is C23H31NO5. The Hall–Kier alpha value is -2.44. The molecule has 2 aromatic rings. The lowest BCUT2D eigenvalue weighted by Crippen LogP contribution is -2.40. The molecule has 0 amide bonds. The van der Waals surface area contributed by atoms with E-state index >= 15 is 0 Å². The van der Waals surface area contributed by atoms with E-state index in [9.17, 15) is 5.11 Å². The third-order valence-corrected chi connectivity index (χ3v) is 5.32. The van der Waals surface area contributed by atoms with Crippen LogP contribution in [0.2, 0.25) is 0 Å². The predicted molar refractivity (Wildman–Crippen MR) is 112 cm³/mol. The van der Waals surface area contributed by atoms with Crippen molar-refractivity contribution in [2.75, 3.05) is 41.0 Å². The highest BCUT2D eigenvalue weighted by Gasteiger charge is 2.26. The van der Waals surface area contributed by atoms with Crippen molar-refractivity contribution in [2.45, 2.75) is 31.4 Å². The van der Waals surface area contributed by atoms with Crippen molar-refractivity contribution in [1.82, 2.24) is 4.90 Å². The first-order chi connectivity index (χ1) is 14.2. The Labute approximate surface area is 173 Å². The summed E-state index contributed by atoms with van der Waals surface area (Å²) in [6.45, 7) is 1.75. The van der Waals surface area contributed by atoms with Crippen LogP contribution in [0.1, 0.15) is 30.9 Å². The predicted octanol–water partition coefficient (Wildman–Crippen LogP) is 3.68. The Bertz CT molecular complexity index is 742. The molecule has 2 atom stereocenters. The number of benzene rings is 2. The van der Waals surface area contributed by atoms with E-state index in [1.807, 2.05) is 6.07 Å². The molecule has 0 aliphatic carbocycles. The Morgan fingerprint density at radius 1 is 1.00 bits per heavy atom. The molecule has 0 bridgehead atoms. The van der Waals surface area contributed by atoms with Gasteiger partial charge in [0.25, 0.3) is 0 Å². The van der Waals surface area contributed by atoms with Crippen LogP contribution in [-0.2, 0) is 0 Å². The van der Waals surface area contributed by atoms with Gasteiger partial charge in [0.1, 0.15) is 18.5 Å². The van der Waals surface area contributed by atoms with Gasteiger partial charge >= 0.3 is 0 Å². The third kappa shape index (κ3) is 5.34. The van der Waals surface area contributed by atoms with Crippen molar-refractivity contribution in [2.24, 2.45) is 0 Å². The topological polar surface area (TPSA) is 60.4 Å². The number of rotatable bonds is 9. The molecule has 29 heavy (non-hydrogen) atoms. The average Bonchev–Trinajstić information content (AvgIpc) is 2.77. The van der Waals surface area contributed by atoms with Gasteiger partial charge in [-0.2, -0.15) is 0 Å². The van der Waals surface area contributed by atoms with Crippen molar-refractivity contribution in [3.05, 3.63) is 48.0 Å². The Kier molecular flexibility index (Phi) is 7.61. The normalized spacial score (nSPS) is 18.1. The van der Waals surface area contributed by atoms with Gasteiger partial charge < -0.3 is 24.1 Å². The second kappa shape index (κ2) is 10.4. The second-order valence-corrected chi connectivity index (χ2v) is 7.24. The average molecular weight is 402 g/mol. The molecule has 1 saturated heterocycles. The molecular weight excluding hydrogens is 370 g/mol. The van der Waals surface area contributed by atoms with Crippen molar-refractivity contribution in [3.8, 4) is 23.0 Å². The summed E-state index contributed by atoms with van der Waals surface area (Å²) in [6, 6.07) is 14.3. The second-order valence-electron chi connectivity index (χ2n) is 7.24. The number of likely N-dealkylation sites (tertiary alicyclic amines) is 1. The van der Waals surface area contributed by atoms with E-state index in [-0.39, 0.29) is 6.61 Å². The SMILES string of the molecule is COc1cc(OCC(O)CN2CCCCC2c2ccccc2)cc(OC)c1OC. The van der Waals surface area contributed by atoms with Crippen LogP contribution in [0.5, 0.6) is 23.0 Å². The van der Waals surface area contributed by atoms with E-state index < -0.39 is 6.10 Å². The summed E-state index contributed by atoms with van der Waals surface area (Å²) in [5.74, 6) is 2.13. The molecule has 3 rings (SSSR count). The van der Waals surface area contributed by atoms with E-state index in [0.717, 1.165) is 19.4 Å². The minimum atomic E-state index is -0.599. The molecule has 6 heteroatoms. The molecule has 1 aliphatic heterocycles. The minimum absolute atomic E-state index is 0.191. The first kappa shape index (κ1) is 21.3. The highest BCUT2D eigenvalue weighted by atomic mass is 16.5. The molecule has 0 aromatic heterocycles. The molecule has 0 spiro atoms. The van der Waals surface area contributed by atoms with E-state index in [1.54, 1.807) is 33.5 Å². The highest BCUT2D eigenvalue weighted by Crippen LogP contribution is 2.40.